The van der Waals surface area contributed by atoms with Crippen LogP contribution in [-0.4, -0.2) is 11.7 Å². The molecule has 0 bridgehead atoms. The van der Waals surface area contributed by atoms with Crippen molar-refractivity contribution in [3.8, 4) is 0 Å². The van der Waals surface area contributed by atoms with Gasteiger partial charge < -0.3 is 9.73 Å². The Morgan fingerprint density at radius 3 is 3.11 bits per heavy atom. The molecule has 0 saturated heterocycles. The predicted octanol–water partition coefficient (Wildman–Crippen LogP) is 3.57. The smallest absolute Gasteiger partial charge is 0.291 e. The molecule has 4 heteroatoms. The second-order valence-corrected chi connectivity index (χ2v) is 5.34. The maximum Gasteiger partial charge on any atom is 0.291 e. The third-order valence-corrected chi connectivity index (χ3v) is 4.11. The van der Waals surface area contributed by atoms with Crippen molar-refractivity contribution in [2.24, 2.45) is 0 Å². The Hall–Kier alpha value is -1.68. The molecule has 18 heavy (non-hydrogen) atoms. The third-order valence-electron chi connectivity index (χ3n) is 2.91. The number of aryl methyl sites for hydroxylation is 1. The van der Waals surface area contributed by atoms with Crippen LogP contribution in [0.2, 0.25) is 0 Å². The van der Waals surface area contributed by atoms with Gasteiger partial charge >= 0.3 is 0 Å². The third kappa shape index (κ3) is 2.29. The van der Waals surface area contributed by atoms with Crippen LogP contribution < -0.4 is 5.32 Å². The van der Waals surface area contributed by atoms with E-state index in [9.17, 15) is 4.79 Å². The first kappa shape index (κ1) is 11.4. The zero-order valence-electron chi connectivity index (χ0n) is 9.81. The normalized spacial score (nSPS) is 14.0. The number of carbonyl (C=O) groups excluding carboxylic acids is 1. The largest absolute Gasteiger partial charge is 0.459 e. The Kier molecular flexibility index (Phi) is 3.11. The number of hydrogen-bond acceptors (Lipinski definition) is 3. The number of anilines is 1. The van der Waals surface area contributed by atoms with E-state index in [1.807, 2.05) is 17.8 Å². The van der Waals surface area contributed by atoms with E-state index >= 15 is 0 Å². The minimum atomic E-state index is -0.205. The van der Waals surface area contributed by atoms with Gasteiger partial charge in [-0.2, -0.15) is 0 Å². The first-order valence-electron chi connectivity index (χ1n) is 5.93. The molecule has 1 amide bonds. The molecule has 1 N–H and O–H groups in total. The molecule has 3 nitrogen and oxygen atoms in total. The van der Waals surface area contributed by atoms with E-state index in [0.29, 0.717) is 5.76 Å². The van der Waals surface area contributed by atoms with Crippen molar-refractivity contribution >= 4 is 23.4 Å². The Bertz CT molecular complexity index is 563. The Labute approximate surface area is 110 Å². The molecule has 3 rings (SSSR count). The lowest BCUT2D eigenvalue weighted by molar-refractivity contribution is 0.0996. The molecule has 1 aliphatic heterocycles. The van der Waals surface area contributed by atoms with E-state index in [0.717, 1.165) is 12.1 Å². The van der Waals surface area contributed by atoms with Crippen LogP contribution in [0, 0.1) is 0 Å². The molecule has 0 atom stereocenters. The van der Waals surface area contributed by atoms with Crippen LogP contribution in [0.5, 0.6) is 0 Å². The highest BCUT2D eigenvalue weighted by Crippen LogP contribution is 2.31. The number of benzene rings is 1. The molecule has 0 aliphatic carbocycles. The lowest BCUT2D eigenvalue weighted by atomic mass is 10.1. The zero-order valence-corrected chi connectivity index (χ0v) is 10.6. The quantitative estimate of drug-likeness (QED) is 0.896. The summed E-state index contributed by atoms with van der Waals surface area (Å²) in [5, 5.41) is 2.85. The SMILES string of the molecule is O=C(Nc1ccc2c(c1)CCCS2)c1ccco1. The summed E-state index contributed by atoms with van der Waals surface area (Å²) in [6.07, 6.45) is 3.79. The van der Waals surface area contributed by atoms with Gasteiger partial charge in [-0.15, -0.1) is 11.8 Å². The summed E-state index contributed by atoms with van der Waals surface area (Å²) >= 11 is 1.88. The Balaban J connectivity index is 1.79. The molecular weight excluding hydrogens is 246 g/mol. The number of thioether (sulfide) groups is 1. The van der Waals surface area contributed by atoms with Crippen LogP contribution in [0.15, 0.2) is 45.9 Å². The molecule has 0 saturated carbocycles. The van der Waals surface area contributed by atoms with Crippen molar-refractivity contribution in [2.45, 2.75) is 17.7 Å². The number of fused-ring (bicyclic) bond motifs is 1. The summed E-state index contributed by atoms with van der Waals surface area (Å²) in [5.41, 5.74) is 2.15. The van der Waals surface area contributed by atoms with E-state index in [2.05, 4.69) is 17.4 Å². The van der Waals surface area contributed by atoms with Crippen molar-refractivity contribution in [1.82, 2.24) is 0 Å². The van der Waals surface area contributed by atoms with Crippen molar-refractivity contribution in [3.63, 3.8) is 0 Å². The molecular formula is C14H13NO2S. The van der Waals surface area contributed by atoms with Gasteiger partial charge in [0.05, 0.1) is 6.26 Å². The van der Waals surface area contributed by atoms with Gasteiger partial charge in [0.2, 0.25) is 0 Å². The molecule has 0 unspecified atom stereocenters. The number of nitrogens with one attached hydrogen (secondary N) is 1. The van der Waals surface area contributed by atoms with Gasteiger partial charge in [-0.1, -0.05) is 0 Å². The maximum absolute atomic E-state index is 11.8. The first-order chi connectivity index (χ1) is 8.83. The van der Waals surface area contributed by atoms with E-state index in [1.54, 1.807) is 12.1 Å². The topological polar surface area (TPSA) is 42.2 Å². The number of amides is 1. The van der Waals surface area contributed by atoms with Gasteiger partial charge in [0, 0.05) is 10.6 Å². The first-order valence-corrected chi connectivity index (χ1v) is 6.92. The lowest BCUT2D eigenvalue weighted by Crippen LogP contribution is -2.11. The molecule has 2 aromatic rings. The summed E-state index contributed by atoms with van der Waals surface area (Å²) in [7, 11) is 0. The van der Waals surface area contributed by atoms with Gasteiger partial charge in [-0.25, -0.2) is 0 Å². The zero-order chi connectivity index (χ0) is 12.4. The minimum Gasteiger partial charge on any atom is -0.459 e. The van der Waals surface area contributed by atoms with E-state index in [4.69, 9.17) is 4.42 Å². The molecule has 0 radical (unpaired) electrons. The molecule has 0 fully saturated rings. The Morgan fingerprint density at radius 1 is 1.33 bits per heavy atom. The number of hydrogen-bond donors (Lipinski definition) is 1. The summed E-state index contributed by atoms with van der Waals surface area (Å²) < 4.78 is 5.06. The van der Waals surface area contributed by atoms with Crippen LogP contribution in [0.4, 0.5) is 5.69 Å². The summed E-state index contributed by atoms with van der Waals surface area (Å²) in [5.74, 6) is 1.32. The lowest BCUT2D eigenvalue weighted by Gasteiger charge is -2.16. The van der Waals surface area contributed by atoms with Crippen molar-refractivity contribution in [1.29, 1.82) is 0 Å². The van der Waals surface area contributed by atoms with Gasteiger partial charge in [0.25, 0.3) is 5.91 Å². The number of furan rings is 1. The average molecular weight is 259 g/mol. The minimum absolute atomic E-state index is 0.205. The molecule has 2 heterocycles. The van der Waals surface area contributed by atoms with Crippen LogP contribution in [0.1, 0.15) is 22.5 Å². The fourth-order valence-corrected chi connectivity index (χ4v) is 3.06. The fraction of sp³-hybridized carbons (Fsp3) is 0.214. The number of carbonyl (C=O) groups is 1. The molecule has 1 aromatic heterocycles. The van der Waals surface area contributed by atoms with Crippen LogP contribution in [-0.2, 0) is 6.42 Å². The van der Waals surface area contributed by atoms with Crippen molar-refractivity contribution in [3.05, 3.63) is 47.9 Å². The Morgan fingerprint density at radius 2 is 2.28 bits per heavy atom. The van der Waals surface area contributed by atoms with E-state index < -0.39 is 0 Å². The monoisotopic (exact) mass is 259 g/mol. The predicted molar refractivity (Wildman–Crippen MR) is 72.1 cm³/mol. The van der Waals surface area contributed by atoms with Crippen LogP contribution >= 0.6 is 11.8 Å². The second-order valence-electron chi connectivity index (χ2n) is 4.21. The molecule has 1 aliphatic rings. The average Bonchev–Trinajstić information content (AvgIpc) is 2.92. The fourth-order valence-electron chi connectivity index (χ4n) is 2.04. The van der Waals surface area contributed by atoms with E-state index in [-0.39, 0.29) is 5.91 Å². The maximum atomic E-state index is 11.8. The van der Waals surface area contributed by atoms with Crippen LogP contribution in [0.3, 0.4) is 0 Å². The highest BCUT2D eigenvalue weighted by molar-refractivity contribution is 7.99. The van der Waals surface area contributed by atoms with Gasteiger partial charge in [-0.3, -0.25) is 4.79 Å². The van der Waals surface area contributed by atoms with Gasteiger partial charge in [0.15, 0.2) is 5.76 Å². The molecule has 0 spiro atoms. The van der Waals surface area contributed by atoms with Crippen LogP contribution in [0.25, 0.3) is 0 Å². The molecule has 1 aromatic carbocycles. The summed E-state index contributed by atoms with van der Waals surface area (Å²) in [6, 6.07) is 9.44. The second kappa shape index (κ2) is 4.90. The standard InChI is InChI=1S/C14H13NO2S/c16-14(12-4-1-7-17-12)15-11-5-6-13-10(9-11)3-2-8-18-13/h1,4-7,9H,2-3,8H2,(H,15,16). The van der Waals surface area contributed by atoms with E-state index in [1.165, 1.54) is 28.9 Å². The molecule has 92 valence electrons. The van der Waals surface area contributed by atoms with Crippen molar-refractivity contribution in [2.75, 3.05) is 11.1 Å². The summed E-state index contributed by atoms with van der Waals surface area (Å²) in [6.45, 7) is 0. The van der Waals surface area contributed by atoms with Gasteiger partial charge in [0.1, 0.15) is 0 Å². The number of rotatable bonds is 2. The van der Waals surface area contributed by atoms with Crippen molar-refractivity contribution < 1.29 is 9.21 Å². The highest BCUT2D eigenvalue weighted by Gasteiger charge is 2.12. The van der Waals surface area contributed by atoms with Gasteiger partial charge in [-0.05, 0) is 54.5 Å². The summed E-state index contributed by atoms with van der Waals surface area (Å²) in [4.78, 5) is 13.2. The highest BCUT2D eigenvalue weighted by atomic mass is 32.2.